The minimum absolute atomic E-state index is 0.0730. The van der Waals surface area contributed by atoms with Crippen LogP contribution in [-0.4, -0.2) is 40.2 Å². The van der Waals surface area contributed by atoms with Crippen LogP contribution in [0.15, 0.2) is 0 Å². The Kier molecular flexibility index (Phi) is 9.55. The van der Waals surface area contributed by atoms with Gasteiger partial charge in [0.05, 0.1) is 24.1 Å². The second-order valence-corrected chi connectivity index (χ2v) is 9.01. The molecule has 1 aliphatic rings. The van der Waals surface area contributed by atoms with E-state index in [1.807, 2.05) is 13.8 Å². The Morgan fingerprint density at radius 2 is 1.81 bits per heavy atom. The lowest BCUT2D eigenvalue weighted by atomic mass is 9.79. The number of nitrogens with zero attached hydrogens (tertiary/aromatic N) is 1. The largest absolute Gasteiger partial charge is 0.444 e. The standard InChI is InChI=1S/C21H38N2O4/c1-6-14(2)17(23-20(26)27-21(3,4)5)19(25)18(24)16(13-22)12-15-10-8-7-9-11-15/h14-19,24-25H,6-12H2,1-5H3,(H,23,26)/t14?,16-,17+,18+,19+/m1/s1. The predicted octanol–water partition coefficient (Wildman–Crippen LogP) is 3.76. The Labute approximate surface area is 164 Å². The van der Waals surface area contributed by atoms with E-state index in [1.54, 1.807) is 20.8 Å². The molecular formula is C21H38N2O4. The van der Waals surface area contributed by atoms with Crippen LogP contribution in [0.2, 0.25) is 0 Å². The monoisotopic (exact) mass is 382 g/mol. The minimum Gasteiger partial charge on any atom is -0.444 e. The minimum atomic E-state index is -1.22. The van der Waals surface area contributed by atoms with Crippen molar-refractivity contribution in [2.75, 3.05) is 0 Å². The van der Waals surface area contributed by atoms with Crippen LogP contribution in [0.3, 0.4) is 0 Å². The Morgan fingerprint density at radius 1 is 1.22 bits per heavy atom. The highest BCUT2D eigenvalue weighted by Gasteiger charge is 2.37. The van der Waals surface area contributed by atoms with E-state index in [1.165, 1.54) is 6.42 Å². The van der Waals surface area contributed by atoms with Gasteiger partial charge in [0.25, 0.3) is 0 Å². The van der Waals surface area contributed by atoms with Crippen molar-refractivity contribution >= 4 is 6.09 Å². The van der Waals surface area contributed by atoms with E-state index < -0.39 is 35.9 Å². The van der Waals surface area contributed by atoms with E-state index in [0.29, 0.717) is 18.8 Å². The summed E-state index contributed by atoms with van der Waals surface area (Å²) >= 11 is 0. The number of hydrogen-bond donors (Lipinski definition) is 3. The number of carbonyl (C=O) groups is 1. The fraction of sp³-hybridized carbons (Fsp3) is 0.905. The molecule has 1 fully saturated rings. The van der Waals surface area contributed by atoms with Gasteiger partial charge in [-0.05, 0) is 39.0 Å². The fourth-order valence-corrected chi connectivity index (χ4v) is 3.76. The van der Waals surface area contributed by atoms with Crippen molar-refractivity contribution in [3.63, 3.8) is 0 Å². The molecule has 5 atom stereocenters. The third-order valence-electron chi connectivity index (χ3n) is 5.55. The van der Waals surface area contributed by atoms with E-state index in [4.69, 9.17) is 4.74 Å². The number of aliphatic hydroxyl groups excluding tert-OH is 2. The van der Waals surface area contributed by atoms with E-state index in [0.717, 1.165) is 25.7 Å². The summed E-state index contributed by atoms with van der Waals surface area (Å²) in [5.74, 6) is -0.294. The average Bonchev–Trinajstić information content (AvgIpc) is 2.61. The van der Waals surface area contributed by atoms with Gasteiger partial charge in [-0.3, -0.25) is 0 Å². The van der Waals surface area contributed by atoms with Gasteiger partial charge in [-0.25, -0.2) is 4.79 Å². The molecule has 3 N–H and O–H groups in total. The number of hydrogen-bond acceptors (Lipinski definition) is 5. The zero-order chi connectivity index (χ0) is 20.6. The molecular weight excluding hydrogens is 344 g/mol. The Balaban J connectivity index is 2.80. The molecule has 1 aliphatic carbocycles. The van der Waals surface area contributed by atoms with Crippen LogP contribution in [0.25, 0.3) is 0 Å². The highest BCUT2D eigenvalue weighted by molar-refractivity contribution is 5.68. The van der Waals surface area contributed by atoms with Crippen LogP contribution >= 0.6 is 0 Å². The molecule has 0 aliphatic heterocycles. The third kappa shape index (κ3) is 8.06. The number of carbonyl (C=O) groups excluding carboxylic acids is 1. The molecule has 1 rings (SSSR count). The maximum Gasteiger partial charge on any atom is 0.407 e. The van der Waals surface area contributed by atoms with Gasteiger partial charge in [0.2, 0.25) is 0 Å². The van der Waals surface area contributed by atoms with Crippen LogP contribution in [0.1, 0.15) is 79.6 Å². The summed E-state index contributed by atoms with van der Waals surface area (Å²) < 4.78 is 5.29. The first-order chi connectivity index (χ1) is 12.6. The van der Waals surface area contributed by atoms with Gasteiger partial charge >= 0.3 is 6.09 Å². The lowest BCUT2D eigenvalue weighted by Gasteiger charge is -2.35. The molecule has 6 nitrogen and oxygen atoms in total. The molecule has 0 spiro atoms. The van der Waals surface area contributed by atoms with Gasteiger partial charge in [-0.15, -0.1) is 0 Å². The van der Waals surface area contributed by atoms with Gasteiger partial charge in [0.1, 0.15) is 11.7 Å². The maximum atomic E-state index is 12.2. The SMILES string of the molecule is CCC(C)[C@H](NC(=O)OC(C)(C)C)[C@H](O)[C@@H](O)[C@@H](C#N)CC1CCCCC1. The number of nitrogens with one attached hydrogen (secondary N) is 1. The second kappa shape index (κ2) is 10.9. The Morgan fingerprint density at radius 3 is 2.30 bits per heavy atom. The molecule has 0 saturated heterocycles. The molecule has 0 bridgehead atoms. The Hall–Kier alpha value is -1.32. The summed E-state index contributed by atoms with van der Waals surface area (Å²) in [5, 5.41) is 33.8. The number of rotatable bonds is 8. The van der Waals surface area contributed by atoms with Crippen LogP contribution in [0.4, 0.5) is 4.79 Å². The van der Waals surface area contributed by atoms with Crippen molar-refractivity contribution in [1.29, 1.82) is 5.26 Å². The summed E-state index contributed by atoms with van der Waals surface area (Å²) in [6, 6.07) is 1.50. The van der Waals surface area contributed by atoms with E-state index in [2.05, 4.69) is 11.4 Å². The second-order valence-electron chi connectivity index (χ2n) is 9.01. The molecule has 6 heteroatoms. The molecule has 1 amide bonds. The normalized spacial score (nSPS) is 21.4. The summed E-state index contributed by atoms with van der Waals surface area (Å²) in [7, 11) is 0. The van der Waals surface area contributed by atoms with Crippen molar-refractivity contribution in [2.45, 2.75) is 103 Å². The molecule has 27 heavy (non-hydrogen) atoms. The van der Waals surface area contributed by atoms with Gasteiger partial charge in [0, 0.05) is 0 Å². The average molecular weight is 383 g/mol. The smallest absolute Gasteiger partial charge is 0.407 e. The molecule has 0 radical (unpaired) electrons. The van der Waals surface area contributed by atoms with Crippen LogP contribution < -0.4 is 5.32 Å². The molecule has 0 aromatic heterocycles. The predicted molar refractivity (Wildman–Crippen MR) is 105 cm³/mol. The molecule has 0 heterocycles. The maximum absolute atomic E-state index is 12.2. The molecule has 1 saturated carbocycles. The van der Waals surface area contributed by atoms with Crippen molar-refractivity contribution in [3.05, 3.63) is 0 Å². The number of amides is 1. The van der Waals surface area contributed by atoms with E-state index in [-0.39, 0.29) is 5.92 Å². The Bertz CT molecular complexity index is 491. The van der Waals surface area contributed by atoms with Crippen LogP contribution in [0.5, 0.6) is 0 Å². The first kappa shape index (κ1) is 23.7. The number of ether oxygens (including phenoxy) is 1. The molecule has 0 aromatic carbocycles. The number of aliphatic hydroxyl groups is 2. The van der Waals surface area contributed by atoms with Gasteiger partial charge in [-0.1, -0.05) is 52.4 Å². The topological polar surface area (TPSA) is 103 Å². The highest BCUT2D eigenvalue weighted by Crippen LogP contribution is 2.31. The molecule has 156 valence electrons. The zero-order valence-corrected chi connectivity index (χ0v) is 17.6. The third-order valence-corrected chi connectivity index (χ3v) is 5.55. The first-order valence-electron chi connectivity index (χ1n) is 10.3. The van der Waals surface area contributed by atoms with Gasteiger partial charge < -0.3 is 20.3 Å². The van der Waals surface area contributed by atoms with E-state index in [9.17, 15) is 20.3 Å². The van der Waals surface area contributed by atoms with E-state index >= 15 is 0 Å². The van der Waals surface area contributed by atoms with Gasteiger partial charge in [0.15, 0.2) is 0 Å². The van der Waals surface area contributed by atoms with Crippen LogP contribution in [-0.2, 0) is 4.74 Å². The molecule has 0 aromatic rings. The summed E-state index contributed by atoms with van der Waals surface area (Å²) in [4.78, 5) is 12.2. The number of alkyl carbamates (subject to hydrolysis) is 1. The summed E-state index contributed by atoms with van der Waals surface area (Å²) in [5.41, 5.74) is -0.649. The van der Waals surface area contributed by atoms with Crippen LogP contribution in [0, 0.1) is 29.1 Å². The van der Waals surface area contributed by atoms with Gasteiger partial charge in [-0.2, -0.15) is 5.26 Å². The fourth-order valence-electron chi connectivity index (χ4n) is 3.76. The van der Waals surface area contributed by atoms with Crippen molar-refractivity contribution in [3.8, 4) is 6.07 Å². The lowest BCUT2D eigenvalue weighted by Crippen LogP contribution is -2.54. The van der Waals surface area contributed by atoms with Crippen molar-refractivity contribution in [2.24, 2.45) is 17.8 Å². The van der Waals surface area contributed by atoms with Crippen molar-refractivity contribution < 1.29 is 19.7 Å². The molecule has 1 unspecified atom stereocenters. The first-order valence-corrected chi connectivity index (χ1v) is 10.3. The summed E-state index contributed by atoms with van der Waals surface area (Å²) in [6.45, 7) is 9.17. The highest BCUT2D eigenvalue weighted by atomic mass is 16.6. The quantitative estimate of drug-likeness (QED) is 0.593. The van der Waals surface area contributed by atoms with Crippen molar-refractivity contribution in [1.82, 2.24) is 5.32 Å². The lowest BCUT2D eigenvalue weighted by molar-refractivity contribution is -0.0416. The summed E-state index contributed by atoms with van der Waals surface area (Å²) in [6.07, 6.45) is 3.96. The number of nitriles is 1. The zero-order valence-electron chi connectivity index (χ0n) is 17.6.